The first-order chi connectivity index (χ1) is 5.16. The quantitative estimate of drug-likeness (QED) is 0.726. The summed E-state index contributed by atoms with van der Waals surface area (Å²) in [6, 6.07) is 0. The van der Waals surface area contributed by atoms with Crippen LogP contribution in [0.15, 0.2) is 0 Å². The smallest absolute Gasteiger partial charge is 0.116 e. The van der Waals surface area contributed by atoms with E-state index in [1.165, 1.54) is 6.42 Å². The van der Waals surface area contributed by atoms with E-state index in [2.05, 4.69) is 26.1 Å². The summed E-state index contributed by atoms with van der Waals surface area (Å²) < 4.78 is 5.71. The third kappa shape index (κ3) is 3.30. The molecule has 0 amide bonds. The predicted molar refractivity (Wildman–Crippen MR) is 53.7 cm³/mol. The van der Waals surface area contributed by atoms with Crippen LogP contribution >= 0.6 is 12.4 Å². The summed E-state index contributed by atoms with van der Waals surface area (Å²) in [7, 11) is 0. The lowest BCUT2D eigenvalue weighted by molar-refractivity contribution is -0.105. The van der Waals surface area contributed by atoms with Gasteiger partial charge in [0.1, 0.15) is 5.72 Å². The zero-order valence-electron chi connectivity index (χ0n) is 8.22. The van der Waals surface area contributed by atoms with Crippen molar-refractivity contribution in [3.05, 3.63) is 0 Å². The SMILES string of the molecule is CCCC1(C)NCC(C)CO1.Cl. The molecule has 1 fully saturated rings. The van der Waals surface area contributed by atoms with Gasteiger partial charge in [-0.25, -0.2) is 0 Å². The Bertz CT molecular complexity index is 122. The number of nitrogens with one attached hydrogen (secondary N) is 1. The van der Waals surface area contributed by atoms with Crippen LogP contribution in [0.4, 0.5) is 0 Å². The van der Waals surface area contributed by atoms with Gasteiger partial charge in [-0.3, -0.25) is 5.32 Å². The van der Waals surface area contributed by atoms with Crippen LogP contribution in [0.25, 0.3) is 0 Å². The lowest BCUT2D eigenvalue weighted by atomic mass is 10.1. The Balaban J connectivity index is 0.00000121. The molecule has 0 spiro atoms. The average Bonchev–Trinajstić information content (AvgIpc) is 1.97. The lowest BCUT2D eigenvalue weighted by Gasteiger charge is -2.37. The van der Waals surface area contributed by atoms with E-state index in [1.54, 1.807) is 0 Å². The van der Waals surface area contributed by atoms with Crippen LogP contribution in [0, 0.1) is 5.92 Å². The van der Waals surface area contributed by atoms with Gasteiger partial charge in [-0.15, -0.1) is 12.4 Å². The molecule has 0 aromatic rings. The van der Waals surface area contributed by atoms with E-state index in [-0.39, 0.29) is 18.1 Å². The Morgan fingerprint density at radius 2 is 2.25 bits per heavy atom. The molecule has 0 aromatic carbocycles. The molecule has 12 heavy (non-hydrogen) atoms. The molecule has 1 heterocycles. The molecule has 1 aliphatic heterocycles. The maximum absolute atomic E-state index is 5.71. The molecule has 0 aromatic heterocycles. The Labute approximate surface area is 81.5 Å². The van der Waals surface area contributed by atoms with Crippen LogP contribution in [-0.4, -0.2) is 18.9 Å². The number of halogens is 1. The van der Waals surface area contributed by atoms with Crippen molar-refractivity contribution in [2.75, 3.05) is 13.2 Å². The van der Waals surface area contributed by atoms with Crippen LogP contribution in [0.1, 0.15) is 33.6 Å². The third-order valence-electron chi connectivity index (χ3n) is 2.24. The van der Waals surface area contributed by atoms with Crippen molar-refractivity contribution in [2.24, 2.45) is 5.92 Å². The zero-order chi connectivity index (χ0) is 8.32. The van der Waals surface area contributed by atoms with Crippen molar-refractivity contribution in [2.45, 2.75) is 39.3 Å². The molecule has 0 bridgehead atoms. The molecular formula is C9H20ClNO. The van der Waals surface area contributed by atoms with Crippen molar-refractivity contribution in [1.29, 1.82) is 0 Å². The Kier molecular flexibility index (Phi) is 5.14. The lowest BCUT2D eigenvalue weighted by Crippen LogP contribution is -2.52. The van der Waals surface area contributed by atoms with Crippen LogP contribution in [0.2, 0.25) is 0 Å². The molecule has 2 atom stereocenters. The first kappa shape index (κ1) is 12.2. The van der Waals surface area contributed by atoms with E-state index in [0.717, 1.165) is 19.6 Å². The highest BCUT2D eigenvalue weighted by atomic mass is 35.5. The van der Waals surface area contributed by atoms with Crippen LogP contribution in [-0.2, 0) is 4.74 Å². The highest BCUT2D eigenvalue weighted by molar-refractivity contribution is 5.85. The summed E-state index contributed by atoms with van der Waals surface area (Å²) in [5.74, 6) is 0.667. The highest BCUT2D eigenvalue weighted by Crippen LogP contribution is 2.19. The second-order valence-corrected chi connectivity index (χ2v) is 3.78. The molecule has 2 nitrogen and oxygen atoms in total. The number of rotatable bonds is 2. The fourth-order valence-electron chi connectivity index (χ4n) is 1.46. The van der Waals surface area contributed by atoms with Crippen molar-refractivity contribution < 1.29 is 4.74 Å². The summed E-state index contributed by atoms with van der Waals surface area (Å²) in [6.07, 6.45) is 2.29. The molecule has 3 heteroatoms. The topological polar surface area (TPSA) is 21.3 Å². The molecule has 0 radical (unpaired) electrons. The summed E-state index contributed by atoms with van der Waals surface area (Å²) >= 11 is 0. The van der Waals surface area contributed by atoms with Gasteiger partial charge in [-0.2, -0.15) is 0 Å². The molecular weight excluding hydrogens is 174 g/mol. The summed E-state index contributed by atoms with van der Waals surface area (Å²) in [5.41, 5.74) is -0.0404. The van der Waals surface area contributed by atoms with Gasteiger partial charge >= 0.3 is 0 Å². The second kappa shape index (κ2) is 5.05. The van der Waals surface area contributed by atoms with E-state index in [4.69, 9.17) is 4.74 Å². The van der Waals surface area contributed by atoms with Crippen molar-refractivity contribution in [1.82, 2.24) is 5.32 Å². The van der Waals surface area contributed by atoms with Crippen LogP contribution < -0.4 is 5.32 Å². The van der Waals surface area contributed by atoms with Gasteiger partial charge in [0, 0.05) is 6.54 Å². The number of hydrogen-bond donors (Lipinski definition) is 1. The maximum Gasteiger partial charge on any atom is 0.116 e. The monoisotopic (exact) mass is 193 g/mol. The first-order valence-corrected chi connectivity index (χ1v) is 4.55. The van der Waals surface area contributed by atoms with E-state index < -0.39 is 0 Å². The highest BCUT2D eigenvalue weighted by Gasteiger charge is 2.28. The Hall–Kier alpha value is 0.210. The first-order valence-electron chi connectivity index (χ1n) is 4.55. The number of hydrogen-bond acceptors (Lipinski definition) is 2. The molecule has 0 aliphatic carbocycles. The van der Waals surface area contributed by atoms with Gasteiger partial charge in [0.25, 0.3) is 0 Å². The maximum atomic E-state index is 5.71. The van der Waals surface area contributed by atoms with E-state index >= 15 is 0 Å². The van der Waals surface area contributed by atoms with Gasteiger partial charge in [0.2, 0.25) is 0 Å². The van der Waals surface area contributed by atoms with Gasteiger partial charge in [0.05, 0.1) is 6.61 Å². The largest absolute Gasteiger partial charge is 0.361 e. The average molecular weight is 194 g/mol. The Morgan fingerprint density at radius 1 is 1.58 bits per heavy atom. The van der Waals surface area contributed by atoms with E-state index in [0.29, 0.717) is 5.92 Å². The fourth-order valence-corrected chi connectivity index (χ4v) is 1.46. The molecule has 1 saturated heterocycles. The third-order valence-corrected chi connectivity index (χ3v) is 2.24. The predicted octanol–water partition coefficient (Wildman–Crippen LogP) is 2.18. The standard InChI is InChI=1S/C9H19NO.ClH/c1-4-5-9(3)10-6-8(2)7-11-9;/h8,10H,4-7H2,1-3H3;1H. The Morgan fingerprint density at radius 3 is 2.67 bits per heavy atom. The molecule has 1 N–H and O–H groups in total. The zero-order valence-corrected chi connectivity index (χ0v) is 9.04. The van der Waals surface area contributed by atoms with Gasteiger partial charge in [0.15, 0.2) is 0 Å². The van der Waals surface area contributed by atoms with Crippen LogP contribution in [0.5, 0.6) is 0 Å². The molecule has 0 saturated carbocycles. The second-order valence-electron chi connectivity index (χ2n) is 3.78. The van der Waals surface area contributed by atoms with Crippen molar-refractivity contribution >= 4 is 12.4 Å². The minimum Gasteiger partial charge on any atom is -0.361 e. The van der Waals surface area contributed by atoms with Crippen molar-refractivity contribution in [3.63, 3.8) is 0 Å². The minimum atomic E-state index is -0.0404. The summed E-state index contributed by atoms with van der Waals surface area (Å²) in [5, 5.41) is 3.42. The fraction of sp³-hybridized carbons (Fsp3) is 1.00. The molecule has 74 valence electrons. The molecule has 1 aliphatic rings. The van der Waals surface area contributed by atoms with Gasteiger partial charge in [-0.05, 0) is 19.3 Å². The normalized spacial score (nSPS) is 35.8. The van der Waals surface area contributed by atoms with Gasteiger partial charge < -0.3 is 4.74 Å². The van der Waals surface area contributed by atoms with Gasteiger partial charge in [-0.1, -0.05) is 20.3 Å². The molecule has 2 unspecified atom stereocenters. The van der Waals surface area contributed by atoms with E-state index in [1.807, 2.05) is 0 Å². The van der Waals surface area contributed by atoms with E-state index in [9.17, 15) is 0 Å². The summed E-state index contributed by atoms with van der Waals surface area (Å²) in [4.78, 5) is 0. The molecule has 1 rings (SSSR count). The summed E-state index contributed by atoms with van der Waals surface area (Å²) in [6.45, 7) is 8.54. The van der Waals surface area contributed by atoms with Crippen LogP contribution in [0.3, 0.4) is 0 Å². The number of ether oxygens (including phenoxy) is 1. The minimum absolute atomic E-state index is 0. The van der Waals surface area contributed by atoms with Crippen molar-refractivity contribution in [3.8, 4) is 0 Å².